The minimum atomic E-state index is 0.438. The molecule has 4 N–H and O–H groups in total. The fraction of sp³-hybridized carbons (Fsp3) is 0.375. The Morgan fingerprint density at radius 3 is 2.71 bits per heavy atom. The molecular weight excluding hydrogens is 264 g/mol. The van der Waals surface area contributed by atoms with Crippen LogP contribution in [-0.2, 0) is 4.74 Å². The molecule has 1 saturated heterocycles. The highest BCUT2D eigenvalue weighted by Gasteiger charge is 2.06. The lowest BCUT2D eigenvalue weighted by atomic mass is 10.1. The number of nitriles is 1. The Labute approximate surface area is 124 Å². The summed E-state index contributed by atoms with van der Waals surface area (Å²) in [5.41, 5.74) is 13.6. The van der Waals surface area contributed by atoms with Crippen LogP contribution >= 0.6 is 0 Å². The van der Waals surface area contributed by atoms with Crippen LogP contribution in [-0.4, -0.2) is 17.7 Å². The van der Waals surface area contributed by atoms with Gasteiger partial charge in [0.15, 0.2) is 0 Å². The van der Waals surface area contributed by atoms with Crippen molar-refractivity contribution >= 4 is 22.3 Å². The summed E-state index contributed by atoms with van der Waals surface area (Å²) in [6.45, 7) is 3.13. The predicted molar refractivity (Wildman–Crippen MR) is 84.5 cm³/mol. The van der Waals surface area contributed by atoms with Gasteiger partial charge in [-0.05, 0) is 44.4 Å². The molecule has 0 aliphatic carbocycles. The van der Waals surface area contributed by atoms with Gasteiger partial charge >= 0.3 is 0 Å². The molecule has 5 nitrogen and oxygen atoms in total. The molecule has 1 atom stereocenters. The molecule has 2 heterocycles. The minimum absolute atomic E-state index is 0.438. The van der Waals surface area contributed by atoms with Crippen molar-refractivity contribution in [1.82, 2.24) is 4.98 Å². The Kier molecular flexibility index (Phi) is 4.96. The lowest BCUT2D eigenvalue weighted by Crippen LogP contribution is -2.14. The number of nitrogens with two attached hydrogens (primary N) is 2. The first-order valence-electron chi connectivity index (χ1n) is 7.07. The number of anilines is 2. The van der Waals surface area contributed by atoms with Crippen LogP contribution in [0.5, 0.6) is 0 Å². The summed E-state index contributed by atoms with van der Waals surface area (Å²) in [6.07, 6.45) is 5.95. The van der Waals surface area contributed by atoms with Crippen LogP contribution in [0.4, 0.5) is 11.4 Å². The lowest BCUT2D eigenvalue weighted by Gasteiger charge is -2.17. The second-order valence-electron chi connectivity index (χ2n) is 5.15. The monoisotopic (exact) mass is 284 g/mol. The Balaban J connectivity index is 0.000000194. The summed E-state index contributed by atoms with van der Waals surface area (Å²) in [5, 5.41) is 9.44. The highest BCUT2D eigenvalue weighted by atomic mass is 16.5. The van der Waals surface area contributed by atoms with Gasteiger partial charge in [0.1, 0.15) is 0 Å². The van der Waals surface area contributed by atoms with Crippen molar-refractivity contribution in [1.29, 1.82) is 5.26 Å². The predicted octanol–water partition coefficient (Wildman–Crippen LogP) is 2.85. The van der Waals surface area contributed by atoms with Crippen molar-refractivity contribution in [3.63, 3.8) is 0 Å². The number of aromatic nitrogens is 1. The highest BCUT2D eigenvalue weighted by molar-refractivity contribution is 5.96. The average Bonchev–Trinajstić information content (AvgIpc) is 2.52. The van der Waals surface area contributed by atoms with Crippen molar-refractivity contribution in [2.75, 3.05) is 18.1 Å². The van der Waals surface area contributed by atoms with Crippen LogP contribution in [0.1, 0.15) is 31.7 Å². The molecule has 21 heavy (non-hydrogen) atoms. The lowest BCUT2D eigenvalue weighted by molar-refractivity contribution is 0.0285. The van der Waals surface area contributed by atoms with E-state index in [1.807, 2.05) is 6.07 Å². The summed E-state index contributed by atoms with van der Waals surface area (Å²) in [5.74, 6) is 0. The fourth-order valence-electron chi connectivity index (χ4n) is 2.20. The van der Waals surface area contributed by atoms with Crippen molar-refractivity contribution in [3.8, 4) is 6.07 Å². The maximum Gasteiger partial charge on any atom is 0.0991 e. The van der Waals surface area contributed by atoms with Gasteiger partial charge in [0.25, 0.3) is 0 Å². The molecule has 1 fully saturated rings. The van der Waals surface area contributed by atoms with Crippen molar-refractivity contribution in [2.45, 2.75) is 32.3 Å². The van der Waals surface area contributed by atoms with Crippen LogP contribution in [0.15, 0.2) is 24.4 Å². The zero-order chi connectivity index (χ0) is 15.2. The molecule has 0 saturated carbocycles. The summed E-state index contributed by atoms with van der Waals surface area (Å²) < 4.78 is 5.28. The first-order chi connectivity index (χ1) is 10.1. The molecule has 0 bridgehead atoms. The quantitative estimate of drug-likeness (QED) is 0.775. The number of hydrogen-bond donors (Lipinski definition) is 2. The summed E-state index contributed by atoms with van der Waals surface area (Å²) in [6, 6.07) is 7.18. The van der Waals surface area contributed by atoms with Gasteiger partial charge in [-0.2, -0.15) is 5.26 Å². The van der Waals surface area contributed by atoms with E-state index in [1.54, 1.807) is 18.2 Å². The second kappa shape index (κ2) is 6.91. The van der Waals surface area contributed by atoms with E-state index in [-0.39, 0.29) is 0 Å². The molecule has 3 rings (SSSR count). The SMILES string of the molecule is C[C@@H]1CCCCO1.N#Cc1ccc2ncc(N)c(N)c2c1. The van der Waals surface area contributed by atoms with Gasteiger partial charge in [0.05, 0.1) is 40.8 Å². The molecular formula is C16H20N4O. The normalized spacial score (nSPS) is 17.6. The molecule has 1 aliphatic heterocycles. The standard InChI is InChI=1S/C10H8N4.C6H12O/c11-4-6-1-2-9-7(3-6)10(13)8(12)5-14-9;1-6-4-2-3-5-7-6/h1-3,5H,12H2,(H2,13,14);6H,2-5H2,1H3/t;6-/m.1/s1. The second-order valence-corrected chi connectivity index (χ2v) is 5.15. The van der Waals surface area contributed by atoms with Crippen LogP contribution in [0.25, 0.3) is 10.9 Å². The number of hydrogen-bond acceptors (Lipinski definition) is 5. The molecule has 0 amide bonds. The largest absolute Gasteiger partial charge is 0.396 e. The Bertz CT molecular complexity index is 657. The maximum atomic E-state index is 8.71. The van der Waals surface area contributed by atoms with Crippen molar-refractivity contribution < 1.29 is 4.74 Å². The van der Waals surface area contributed by atoms with Crippen molar-refractivity contribution in [3.05, 3.63) is 30.0 Å². The molecule has 0 unspecified atom stereocenters. The average molecular weight is 284 g/mol. The first kappa shape index (κ1) is 15.1. The van der Waals surface area contributed by atoms with Crippen LogP contribution in [0, 0.1) is 11.3 Å². The van der Waals surface area contributed by atoms with E-state index in [1.165, 1.54) is 25.5 Å². The molecule has 1 aromatic carbocycles. The third-order valence-corrected chi connectivity index (χ3v) is 3.48. The number of fused-ring (bicyclic) bond motifs is 1. The number of nitrogen functional groups attached to an aromatic ring is 2. The van der Waals surface area contributed by atoms with E-state index < -0.39 is 0 Å². The van der Waals surface area contributed by atoms with Crippen LogP contribution in [0.2, 0.25) is 0 Å². The topological polar surface area (TPSA) is 97.9 Å². The summed E-state index contributed by atoms with van der Waals surface area (Å²) in [4.78, 5) is 4.10. The molecule has 1 aliphatic rings. The third-order valence-electron chi connectivity index (χ3n) is 3.48. The fourth-order valence-corrected chi connectivity index (χ4v) is 2.20. The summed E-state index contributed by atoms with van der Waals surface area (Å²) >= 11 is 0. The molecule has 1 aromatic heterocycles. The van der Waals surface area contributed by atoms with Gasteiger partial charge in [-0.25, -0.2) is 0 Å². The van der Waals surface area contributed by atoms with Gasteiger partial charge in [-0.15, -0.1) is 0 Å². The van der Waals surface area contributed by atoms with Crippen LogP contribution in [0.3, 0.4) is 0 Å². The number of pyridine rings is 1. The Morgan fingerprint density at radius 1 is 1.33 bits per heavy atom. The van der Waals surface area contributed by atoms with E-state index in [4.69, 9.17) is 21.5 Å². The van der Waals surface area contributed by atoms with E-state index in [9.17, 15) is 0 Å². The van der Waals surface area contributed by atoms with Crippen LogP contribution < -0.4 is 11.5 Å². The van der Waals surface area contributed by atoms with Gasteiger partial charge in [0, 0.05) is 12.0 Å². The Hall–Kier alpha value is -2.32. The molecule has 110 valence electrons. The van der Waals surface area contributed by atoms with Crippen molar-refractivity contribution in [2.24, 2.45) is 0 Å². The van der Waals surface area contributed by atoms with E-state index in [2.05, 4.69) is 11.9 Å². The van der Waals surface area contributed by atoms with Gasteiger partial charge in [-0.3, -0.25) is 4.98 Å². The van der Waals surface area contributed by atoms with Gasteiger partial charge in [-0.1, -0.05) is 0 Å². The molecule has 0 radical (unpaired) electrons. The maximum absolute atomic E-state index is 8.71. The smallest absolute Gasteiger partial charge is 0.0991 e. The molecule has 2 aromatic rings. The van der Waals surface area contributed by atoms with Gasteiger partial charge < -0.3 is 16.2 Å². The van der Waals surface area contributed by atoms with E-state index in [0.717, 1.165) is 17.5 Å². The van der Waals surface area contributed by atoms with Gasteiger partial charge in [0.2, 0.25) is 0 Å². The number of ether oxygens (including phenoxy) is 1. The van der Waals surface area contributed by atoms with E-state index in [0.29, 0.717) is 23.0 Å². The molecule has 5 heteroatoms. The number of nitrogens with zero attached hydrogens (tertiary/aromatic N) is 2. The third kappa shape index (κ3) is 3.83. The minimum Gasteiger partial charge on any atom is -0.396 e. The zero-order valence-corrected chi connectivity index (χ0v) is 12.2. The summed E-state index contributed by atoms with van der Waals surface area (Å²) in [7, 11) is 0. The number of benzene rings is 1. The zero-order valence-electron chi connectivity index (χ0n) is 12.2. The van der Waals surface area contributed by atoms with E-state index >= 15 is 0 Å². The number of rotatable bonds is 0. The molecule has 0 spiro atoms. The Morgan fingerprint density at radius 2 is 2.14 bits per heavy atom. The first-order valence-corrected chi connectivity index (χ1v) is 7.07. The highest BCUT2D eigenvalue weighted by Crippen LogP contribution is 2.25.